The molecule has 120 valence electrons. The van der Waals surface area contributed by atoms with E-state index in [-0.39, 0.29) is 17.0 Å². The fourth-order valence-corrected chi connectivity index (χ4v) is 2.10. The van der Waals surface area contributed by atoms with Crippen LogP contribution in [0.3, 0.4) is 0 Å². The Morgan fingerprint density at radius 1 is 1.17 bits per heavy atom. The van der Waals surface area contributed by atoms with Crippen LogP contribution in [0.4, 0.5) is 5.69 Å². The molecule has 0 unspecified atom stereocenters. The molecule has 2 aromatic rings. The van der Waals surface area contributed by atoms with Crippen molar-refractivity contribution in [1.29, 1.82) is 0 Å². The van der Waals surface area contributed by atoms with Crippen LogP contribution in [-0.2, 0) is 0 Å². The Bertz CT molecular complexity index is 769. The van der Waals surface area contributed by atoms with Crippen molar-refractivity contribution in [2.45, 2.75) is 26.7 Å². The minimum absolute atomic E-state index is 0.0664. The summed E-state index contributed by atoms with van der Waals surface area (Å²) in [5.74, 6) is 0.206. The average Bonchev–Trinajstić information content (AvgIpc) is 2.49. The van der Waals surface area contributed by atoms with E-state index < -0.39 is 10.8 Å². The number of nitro benzene ring substituents is 1. The lowest BCUT2D eigenvalue weighted by atomic mass is 10.0. The molecule has 23 heavy (non-hydrogen) atoms. The van der Waals surface area contributed by atoms with Crippen molar-refractivity contribution in [1.82, 2.24) is 0 Å². The molecule has 0 atom stereocenters. The molecule has 2 N–H and O–H groups in total. The van der Waals surface area contributed by atoms with Crippen LogP contribution in [0.1, 0.15) is 41.3 Å². The molecule has 2 aromatic carbocycles. The third-order valence-corrected chi connectivity index (χ3v) is 3.54. The molecule has 0 radical (unpaired) electrons. The summed E-state index contributed by atoms with van der Waals surface area (Å²) in [6.45, 7) is 5.97. The summed E-state index contributed by atoms with van der Waals surface area (Å²) >= 11 is 0. The second kappa shape index (κ2) is 6.48. The van der Waals surface area contributed by atoms with Crippen LogP contribution >= 0.6 is 0 Å². The Balaban J connectivity index is 2.46. The second-order valence-electron chi connectivity index (χ2n) is 5.59. The first-order chi connectivity index (χ1) is 10.8. The highest BCUT2D eigenvalue weighted by molar-refractivity contribution is 5.93. The molecule has 0 spiro atoms. The Kier molecular flexibility index (Phi) is 4.64. The van der Waals surface area contributed by atoms with Gasteiger partial charge in [-0.15, -0.1) is 0 Å². The maximum atomic E-state index is 11.2. The van der Waals surface area contributed by atoms with E-state index in [0.29, 0.717) is 11.7 Å². The lowest BCUT2D eigenvalue weighted by molar-refractivity contribution is -0.385. The van der Waals surface area contributed by atoms with E-state index in [1.165, 1.54) is 12.1 Å². The maximum Gasteiger partial charge on any atom is 0.312 e. The molecule has 6 heteroatoms. The SMILES string of the molecule is Cc1ccc(C(C)C)cc1Oc1ccc(C(N)=O)cc1[N+](=O)[O-]. The predicted molar refractivity (Wildman–Crippen MR) is 87.0 cm³/mol. The first-order valence-corrected chi connectivity index (χ1v) is 7.16. The molecule has 0 fully saturated rings. The lowest BCUT2D eigenvalue weighted by Gasteiger charge is -2.13. The fourth-order valence-electron chi connectivity index (χ4n) is 2.10. The molecule has 0 bridgehead atoms. The number of ether oxygens (including phenoxy) is 1. The normalized spacial score (nSPS) is 10.6. The van der Waals surface area contributed by atoms with Crippen LogP contribution in [0.15, 0.2) is 36.4 Å². The number of aryl methyl sites for hydroxylation is 1. The third kappa shape index (κ3) is 3.66. The molecule has 1 amide bonds. The Hall–Kier alpha value is -2.89. The Morgan fingerprint density at radius 3 is 2.43 bits per heavy atom. The van der Waals surface area contributed by atoms with Gasteiger partial charge in [-0.1, -0.05) is 26.0 Å². The van der Waals surface area contributed by atoms with Crippen molar-refractivity contribution in [3.8, 4) is 11.5 Å². The highest BCUT2D eigenvalue weighted by atomic mass is 16.6. The molecular formula is C17H18N2O4. The van der Waals surface area contributed by atoms with Crippen molar-refractivity contribution < 1.29 is 14.5 Å². The van der Waals surface area contributed by atoms with E-state index in [0.717, 1.165) is 17.2 Å². The summed E-state index contributed by atoms with van der Waals surface area (Å²) in [5, 5.41) is 11.2. The standard InChI is InChI=1S/C17H18N2O4/c1-10(2)12-5-4-11(3)16(9-12)23-15-7-6-13(17(18)20)8-14(15)19(21)22/h4-10H,1-3H3,(H2,18,20). The smallest absolute Gasteiger partial charge is 0.312 e. The summed E-state index contributed by atoms with van der Waals surface area (Å²) < 4.78 is 5.73. The first-order valence-electron chi connectivity index (χ1n) is 7.16. The zero-order valence-electron chi connectivity index (χ0n) is 13.2. The number of amides is 1. The maximum absolute atomic E-state index is 11.2. The number of benzene rings is 2. The number of primary amides is 1. The minimum atomic E-state index is -0.724. The topological polar surface area (TPSA) is 95.5 Å². The van der Waals surface area contributed by atoms with Gasteiger partial charge >= 0.3 is 5.69 Å². The molecule has 6 nitrogen and oxygen atoms in total. The quantitative estimate of drug-likeness (QED) is 0.668. The van der Waals surface area contributed by atoms with Crippen LogP contribution in [0.25, 0.3) is 0 Å². The lowest BCUT2D eigenvalue weighted by Crippen LogP contribution is -2.11. The predicted octanol–water partition coefficient (Wildman–Crippen LogP) is 3.92. The number of carbonyl (C=O) groups is 1. The average molecular weight is 314 g/mol. The van der Waals surface area contributed by atoms with Gasteiger partial charge in [-0.2, -0.15) is 0 Å². The molecule has 0 aromatic heterocycles. The zero-order valence-corrected chi connectivity index (χ0v) is 13.2. The van der Waals surface area contributed by atoms with Crippen molar-refractivity contribution in [3.05, 3.63) is 63.2 Å². The van der Waals surface area contributed by atoms with E-state index in [1.54, 1.807) is 0 Å². The van der Waals surface area contributed by atoms with Gasteiger partial charge in [0.1, 0.15) is 5.75 Å². The van der Waals surface area contributed by atoms with Crippen molar-refractivity contribution in [2.75, 3.05) is 0 Å². The summed E-state index contributed by atoms with van der Waals surface area (Å²) in [6.07, 6.45) is 0. The van der Waals surface area contributed by atoms with Gasteiger partial charge in [-0.25, -0.2) is 0 Å². The van der Waals surface area contributed by atoms with Crippen LogP contribution in [-0.4, -0.2) is 10.8 Å². The number of hydrogen-bond donors (Lipinski definition) is 1. The molecule has 0 aliphatic carbocycles. The van der Waals surface area contributed by atoms with Crippen LogP contribution in [0.5, 0.6) is 11.5 Å². The van der Waals surface area contributed by atoms with Gasteiger partial charge in [-0.05, 0) is 42.2 Å². The molecular weight excluding hydrogens is 296 g/mol. The van der Waals surface area contributed by atoms with E-state index in [4.69, 9.17) is 10.5 Å². The van der Waals surface area contributed by atoms with Gasteiger partial charge in [0.2, 0.25) is 11.7 Å². The molecule has 0 saturated heterocycles. The highest BCUT2D eigenvalue weighted by Gasteiger charge is 2.19. The van der Waals surface area contributed by atoms with Gasteiger partial charge in [0.25, 0.3) is 0 Å². The van der Waals surface area contributed by atoms with Crippen LogP contribution in [0, 0.1) is 17.0 Å². The molecule has 2 rings (SSSR count). The highest BCUT2D eigenvalue weighted by Crippen LogP contribution is 2.34. The van der Waals surface area contributed by atoms with Gasteiger partial charge < -0.3 is 10.5 Å². The van der Waals surface area contributed by atoms with Crippen LogP contribution in [0.2, 0.25) is 0 Å². The van der Waals surface area contributed by atoms with E-state index in [2.05, 4.69) is 13.8 Å². The summed E-state index contributed by atoms with van der Waals surface area (Å²) in [5.41, 5.74) is 6.87. The fraction of sp³-hybridized carbons (Fsp3) is 0.235. The second-order valence-corrected chi connectivity index (χ2v) is 5.59. The number of nitrogens with two attached hydrogens (primary N) is 1. The molecule has 0 heterocycles. The monoisotopic (exact) mass is 314 g/mol. The van der Waals surface area contributed by atoms with Gasteiger partial charge in [0.15, 0.2) is 0 Å². The number of hydrogen-bond acceptors (Lipinski definition) is 4. The largest absolute Gasteiger partial charge is 0.450 e. The number of nitrogens with zero attached hydrogens (tertiary/aromatic N) is 1. The van der Waals surface area contributed by atoms with Crippen molar-refractivity contribution in [2.24, 2.45) is 5.73 Å². The summed E-state index contributed by atoms with van der Waals surface area (Å²) in [7, 11) is 0. The third-order valence-electron chi connectivity index (χ3n) is 3.54. The molecule has 0 saturated carbocycles. The first kappa shape index (κ1) is 16.5. The van der Waals surface area contributed by atoms with Crippen molar-refractivity contribution >= 4 is 11.6 Å². The van der Waals surface area contributed by atoms with E-state index in [1.807, 2.05) is 25.1 Å². The zero-order chi connectivity index (χ0) is 17.1. The number of carbonyl (C=O) groups excluding carboxylic acids is 1. The Morgan fingerprint density at radius 2 is 1.87 bits per heavy atom. The van der Waals surface area contributed by atoms with E-state index >= 15 is 0 Å². The molecule has 0 aliphatic rings. The van der Waals surface area contributed by atoms with Crippen LogP contribution < -0.4 is 10.5 Å². The van der Waals surface area contributed by atoms with Crippen molar-refractivity contribution in [3.63, 3.8) is 0 Å². The van der Waals surface area contributed by atoms with Gasteiger partial charge in [0, 0.05) is 11.6 Å². The van der Waals surface area contributed by atoms with Gasteiger partial charge in [0.05, 0.1) is 4.92 Å². The summed E-state index contributed by atoms with van der Waals surface area (Å²) in [4.78, 5) is 21.8. The minimum Gasteiger partial charge on any atom is -0.450 e. The number of rotatable bonds is 5. The Labute approximate surface area is 134 Å². The summed E-state index contributed by atoms with van der Waals surface area (Å²) in [6, 6.07) is 9.70. The van der Waals surface area contributed by atoms with Gasteiger partial charge in [-0.3, -0.25) is 14.9 Å². The van der Waals surface area contributed by atoms with E-state index in [9.17, 15) is 14.9 Å². The number of nitro groups is 1. The molecule has 0 aliphatic heterocycles.